The molecule has 0 saturated carbocycles. The van der Waals surface area contributed by atoms with Gasteiger partial charge < -0.3 is 11.1 Å². The highest BCUT2D eigenvalue weighted by molar-refractivity contribution is 6.12. The van der Waals surface area contributed by atoms with E-state index in [-0.39, 0.29) is 11.9 Å². The molecule has 6 heteroatoms. The van der Waals surface area contributed by atoms with Crippen molar-refractivity contribution in [2.24, 2.45) is 0 Å². The molecule has 1 amide bonds. The number of hydrogen-bond donors (Lipinski definition) is 2. The van der Waals surface area contributed by atoms with Crippen LogP contribution in [0.1, 0.15) is 42.4 Å². The molecule has 124 valence electrons. The third-order valence-corrected chi connectivity index (χ3v) is 4.16. The maximum absolute atomic E-state index is 12.7. The largest absolute Gasteiger partial charge is 0.397 e. The third-order valence-electron chi connectivity index (χ3n) is 4.16. The van der Waals surface area contributed by atoms with E-state index in [4.69, 9.17) is 5.73 Å². The number of nitrogens with zero attached hydrogens (tertiary/aromatic N) is 3. The first kappa shape index (κ1) is 16.0. The van der Waals surface area contributed by atoms with Crippen LogP contribution >= 0.6 is 0 Å². The summed E-state index contributed by atoms with van der Waals surface area (Å²) in [6, 6.07) is 9.19. The predicted molar refractivity (Wildman–Crippen MR) is 96.1 cm³/mol. The molecule has 6 nitrogen and oxygen atoms in total. The highest BCUT2D eigenvalue weighted by Gasteiger charge is 2.18. The number of rotatable bonds is 4. The number of nitrogens with two attached hydrogens (primary N) is 1. The molecule has 3 rings (SSSR count). The van der Waals surface area contributed by atoms with E-state index in [1.54, 1.807) is 24.4 Å². The van der Waals surface area contributed by atoms with Crippen molar-refractivity contribution in [3.8, 4) is 0 Å². The van der Waals surface area contributed by atoms with Crippen molar-refractivity contribution in [1.82, 2.24) is 14.8 Å². The highest BCUT2D eigenvalue weighted by Crippen LogP contribution is 2.24. The van der Waals surface area contributed by atoms with Gasteiger partial charge in [0.15, 0.2) is 5.65 Å². The van der Waals surface area contributed by atoms with Gasteiger partial charge in [-0.1, -0.05) is 19.1 Å². The smallest absolute Gasteiger partial charge is 0.256 e. The van der Waals surface area contributed by atoms with Crippen LogP contribution in [0, 0.1) is 6.92 Å². The van der Waals surface area contributed by atoms with Gasteiger partial charge in [0.05, 0.1) is 34.6 Å². The lowest BCUT2D eigenvalue weighted by molar-refractivity contribution is 0.102. The number of aromatic nitrogens is 3. The Morgan fingerprint density at radius 3 is 2.83 bits per heavy atom. The SMILES string of the molecule is CCC(C)n1ncc2c(C(=O)Nc3ccccc3N)cc(C)nc21. The number of carbonyl (C=O) groups excluding carboxylic acids is 1. The van der Waals surface area contributed by atoms with E-state index in [9.17, 15) is 4.79 Å². The molecule has 0 saturated heterocycles. The molecule has 1 aromatic carbocycles. The Hall–Kier alpha value is -2.89. The molecule has 3 aromatic rings. The molecule has 0 spiro atoms. The standard InChI is InChI=1S/C18H21N5O/c1-4-12(3)23-17-14(10-20-23)13(9-11(2)21-17)18(24)22-16-8-6-5-7-15(16)19/h5-10,12H,4,19H2,1-3H3,(H,22,24). The lowest BCUT2D eigenvalue weighted by atomic mass is 10.1. The van der Waals surface area contributed by atoms with Gasteiger partial charge in [-0.05, 0) is 38.5 Å². The first-order valence-electron chi connectivity index (χ1n) is 8.02. The highest BCUT2D eigenvalue weighted by atomic mass is 16.1. The summed E-state index contributed by atoms with van der Waals surface area (Å²) in [6.45, 7) is 6.06. The Kier molecular flexibility index (Phi) is 4.20. The Labute approximate surface area is 140 Å². The van der Waals surface area contributed by atoms with Crippen LogP contribution in [0.4, 0.5) is 11.4 Å². The second-order valence-corrected chi connectivity index (χ2v) is 5.94. The summed E-state index contributed by atoms with van der Waals surface area (Å²) in [7, 11) is 0. The van der Waals surface area contributed by atoms with Crippen molar-refractivity contribution in [3.05, 3.63) is 47.8 Å². The van der Waals surface area contributed by atoms with Crippen LogP contribution in [0.3, 0.4) is 0 Å². The van der Waals surface area contributed by atoms with Gasteiger partial charge in [-0.15, -0.1) is 0 Å². The van der Waals surface area contributed by atoms with E-state index in [1.165, 1.54) is 0 Å². The summed E-state index contributed by atoms with van der Waals surface area (Å²) in [5.74, 6) is -0.216. The molecule has 2 heterocycles. The number of para-hydroxylation sites is 2. The number of nitrogen functional groups attached to an aromatic ring is 1. The van der Waals surface area contributed by atoms with Gasteiger partial charge in [-0.2, -0.15) is 5.10 Å². The van der Waals surface area contributed by atoms with E-state index >= 15 is 0 Å². The Balaban J connectivity index is 2.04. The number of nitrogens with one attached hydrogen (secondary N) is 1. The summed E-state index contributed by atoms with van der Waals surface area (Å²) >= 11 is 0. The van der Waals surface area contributed by atoms with Crippen molar-refractivity contribution < 1.29 is 4.79 Å². The average Bonchev–Trinajstić information content (AvgIpc) is 2.99. The molecule has 0 radical (unpaired) electrons. The molecule has 24 heavy (non-hydrogen) atoms. The molecule has 2 aromatic heterocycles. The monoisotopic (exact) mass is 323 g/mol. The minimum Gasteiger partial charge on any atom is -0.397 e. The first-order chi connectivity index (χ1) is 11.5. The van der Waals surface area contributed by atoms with Crippen LogP contribution in [-0.2, 0) is 0 Å². The number of anilines is 2. The summed E-state index contributed by atoms with van der Waals surface area (Å²) < 4.78 is 1.87. The predicted octanol–water partition coefficient (Wildman–Crippen LogP) is 3.55. The van der Waals surface area contributed by atoms with E-state index in [1.807, 2.05) is 23.7 Å². The van der Waals surface area contributed by atoms with Crippen molar-refractivity contribution in [2.75, 3.05) is 11.1 Å². The number of fused-ring (bicyclic) bond motifs is 1. The van der Waals surface area contributed by atoms with Crippen LogP contribution in [0.25, 0.3) is 11.0 Å². The van der Waals surface area contributed by atoms with Crippen molar-refractivity contribution in [1.29, 1.82) is 0 Å². The number of aryl methyl sites for hydroxylation is 1. The Morgan fingerprint density at radius 2 is 2.12 bits per heavy atom. The van der Waals surface area contributed by atoms with Gasteiger partial charge >= 0.3 is 0 Å². The van der Waals surface area contributed by atoms with Crippen LogP contribution < -0.4 is 11.1 Å². The Bertz CT molecular complexity index is 900. The van der Waals surface area contributed by atoms with Crippen molar-refractivity contribution in [2.45, 2.75) is 33.2 Å². The average molecular weight is 323 g/mol. The lowest BCUT2D eigenvalue weighted by Crippen LogP contribution is -2.14. The van der Waals surface area contributed by atoms with Gasteiger partial charge in [-0.25, -0.2) is 9.67 Å². The van der Waals surface area contributed by atoms with E-state index in [0.717, 1.165) is 23.1 Å². The fourth-order valence-corrected chi connectivity index (χ4v) is 2.63. The van der Waals surface area contributed by atoms with Crippen molar-refractivity contribution in [3.63, 3.8) is 0 Å². The quantitative estimate of drug-likeness (QED) is 0.719. The van der Waals surface area contributed by atoms with Crippen LogP contribution in [0.15, 0.2) is 36.5 Å². The summed E-state index contributed by atoms with van der Waals surface area (Å²) in [6.07, 6.45) is 2.64. The fraction of sp³-hybridized carbons (Fsp3) is 0.278. The number of amides is 1. The molecule has 3 N–H and O–H groups in total. The zero-order chi connectivity index (χ0) is 17.3. The van der Waals surface area contributed by atoms with Crippen LogP contribution in [0.2, 0.25) is 0 Å². The lowest BCUT2D eigenvalue weighted by Gasteiger charge is -2.12. The molecule has 0 aliphatic rings. The van der Waals surface area contributed by atoms with Crippen LogP contribution in [-0.4, -0.2) is 20.7 Å². The summed E-state index contributed by atoms with van der Waals surface area (Å²) in [5, 5.41) is 8.04. The topological polar surface area (TPSA) is 85.8 Å². The first-order valence-corrected chi connectivity index (χ1v) is 8.02. The molecule has 0 fully saturated rings. The van der Waals surface area contributed by atoms with Gasteiger partial charge in [-0.3, -0.25) is 4.79 Å². The number of hydrogen-bond acceptors (Lipinski definition) is 4. The minimum absolute atomic E-state index is 0.216. The molecule has 1 unspecified atom stereocenters. The molecule has 1 atom stereocenters. The molecular formula is C18H21N5O. The Morgan fingerprint density at radius 1 is 1.38 bits per heavy atom. The molecular weight excluding hydrogens is 302 g/mol. The maximum Gasteiger partial charge on any atom is 0.256 e. The molecule has 0 aliphatic heterocycles. The molecule has 0 aliphatic carbocycles. The van der Waals surface area contributed by atoms with Crippen molar-refractivity contribution >= 4 is 28.3 Å². The van der Waals surface area contributed by atoms with Gasteiger partial charge in [0.2, 0.25) is 0 Å². The number of pyridine rings is 1. The van der Waals surface area contributed by atoms with Gasteiger partial charge in [0.1, 0.15) is 0 Å². The number of carbonyl (C=O) groups is 1. The van der Waals surface area contributed by atoms with E-state index in [2.05, 4.69) is 29.2 Å². The van der Waals surface area contributed by atoms with Crippen LogP contribution in [0.5, 0.6) is 0 Å². The second kappa shape index (κ2) is 6.31. The third kappa shape index (κ3) is 2.82. The van der Waals surface area contributed by atoms with E-state index < -0.39 is 0 Å². The zero-order valence-corrected chi connectivity index (χ0v) is 14.1. The van der Waals surface area contributed by atoms with E-state index in [0.29, 0.717) is 16.9 Å². The minimum atomic E-state index is -0.216. The number of benzene rings is 1. The van der Waals surface area contributed by atoms with Gasteiger partial charge in [0, 0.05) is 5.69 Å². The fourth-order valence-electron chi connectivity index (χ4n) is 2.63. The maximum atomic E-state index is 12.7. The normalized spacial score (nSPS) is 12.3. The molecule has 0 bridgehead atoms. The summed E-state index contributed by atoms with van der Waals surface area (Å²) in [4.78, 5) is 17.3. The second-order valence-electron chi connectivity index (χ2n) is 5.94. The summed E-state index contributed by atoms with van der Waals surface area (Å²) in [5.41, 5.74) is 9.10. The zero-order valence-electron chi connectivity index (χ0n) is 14.1. The van der Waals surface area contributed by atoms with Gasteiger partial charge in [0.25, 0.3) is 5.91 Å².